The van der Waals surface area contributed by atoms with Gasteiger partial charge in [-0.3, -0.25) is 4.79 Å². The maximum Gasteiger partial charge on any atom is 0.263 e. The molecule has 0 aliphatic carbocycles. The Morgan fingerprint density at radius 3 is 3.00 bits per heavy atom. The van der Waals surface area contributed by atoms with E-state index in [-0.39, 0.29) is 5.91 Å². The Morgan fingerprint density at radius 1 is 1.53 bits per heavy atom. The number of hydrogen-bond donors (Lipinski definition) is 2. The van der Waals surface area contributed by atoms with Gasteiger partial charge in [0.1, 0.15) is 4.88 Å². The maximum absolute atomic E-state index is 11.8. The molecular formula is C12H13N3OS. The summed E-state index contributed by atoms with van der Waals surface area (Å²) in [5.74, 6) is -0.0903. The SMILES string of the molecule is Cc1ncsc1C(=O)NCc1cccc(N)c1. The number of nitrogen functional groups attached to an aromatic ring is 1. The van der Waals surface area contributed by atoms with E-state index in [1.165, 1.54) is 11.3 Å². The lowest BCUT2D eigenvalue weighted by Gasteiger charge is -2.05. The van der Waals surface area contributed by atoms with Gasteiger partial charge in [-0.1, -0.05) is 12.1 Å². The number of rotatable bonds is 3. The number of thiazole rings is 1. The van der Waals surface area contributed by atoms with Gasteiger partial charge < -0.3 is 11.1 Å². The Hall–Kier alpha value is -1.88. The standard InChI is InChI=1S/C12H13N3OS/c1-8-11(17-7-15-8)12(16)14-6-9-3-2-4-10(13)5-9/h2-5,7H,6,13H2,1H3,(H,14,16). The van der Waals surface area contributed by atoms with E-state index in [0.717, 1.165) is 11.3 Å². The summed E-state index contributed by atoms with van der Waals surface area (Å²) in [6.45, 7) is 2.30. The van der Waals surface area contributed by atoms with E-state index in [0.29, 0.717) is 17.1 Å². The van der Waals surface area contributed by atoms with E-state index < -0.39 is 0 Å². The highest BCUT2D eigenvalue weighted by atomic mass is 32.1. The highest BCUT2D eigenvalue weighted by molar-refractivity contribution is 7.11. The molecule has 17 heavy (non-hydrogen) atoms. The molecule has 0 fully saturated rings. The molecule has 0 radical (unpaired) electrons. The van der Waals surface area contributed by atoms with Crippen molar-refractivity contribution in [3.8, 4) is 0 Å². The number of nitrogens with zero attached hydrogens (tertiary/aromatic N) is 1. The van der Waals surface area contributed by atoms with Crippen LogP contribution in [0.3, 0.4) is 0 Å². The van der Waals surface area contributed by atoms with Crippen LogP contribution in [0.25, 0.3) is 0 Å². The monoisotopic (exact) mass is 247 g/mol. The second kappa shape index (κ2) is 4.97. The molecule has 1 heterocycles. The molecule has 0 saturated heterocycles. The van der Waals surface area contributed by atoms with Crippen LogP contribution in [0.4, 0.5) is 5.69 Å². The predicted molar refractivity (Wildman–Crippen MR) is 68.9 cm³/mol. The molecule has 3 N–H and O–H groups in total. The molecule has 4 nitrogen and oxygen atoms in total. The number of hydrogen-bond acceptors (Lipinski definition) is 4. The van der Waals surface area contributed by atoms with Gasteiger partial charge in [0.05, 0.1) is 11.2 Å². The average Bonchev–Trinajstić information content (AvgIpc) is 2.72. The molecule has 0 atom stereocenters. The van der Waals surface area contributed by atoms with Crippen LogP contribution >= 0.6 is 11.3 Å². The molecule has 5 heteroatoms. The van der Waals surface area contributed by atoms with Crippen LogP contribution in [0.5, 0.6) is 0 Å². The molecule has 0 bridgehead atoms. The molecular weight excluding hydrogens is 234 g/mol. The van der Waals surface area contributed by atoms with Crippen molar-refractivity contribution in [2.75, 3.05) is 5.73 Å². The number of aryl methyl sites for hydroxylation is 1. The third kappa shape index (κ3) is 2.82. The first-order chi connectivity index (χ1) is 8.16. The van der Waals surface area contributed by atoms with Crippen LogP contribution in [-0.4, -0.2) is 10.9 Å². The highest BCUT2D eigenvalue weighted by Gasteiger charge is 2.10. The maximum atomic E-state index is 11.8. The van der Waals surface area contributed by atoms with Crippen LogP contribution in [0.2, 0.25) is 0 Å². The summed E-state index contributed by atoms with van der Waals surface area (Å²) in [7, 11) is 0. The summed E-state index contributed by atoms with van der Waals surface area (Å²) >= 11 is 1.35. The zero-order valence-corrected chi connectivity index (χ0v) is 10.3. The van der Waals surface area contributed by atoms with Gasteiger partial charge >= 0.3 is 0 Å². The molecule has 0 aliphatic heterocycles. The minimum atomic E-state index is -0.0903. The van der Waals surface area contributed by atoms with Crippen LogP contribution in [0.15, 0.2) is 29.8 Å². The third-order valence-electron chi connectivity index (χ3n) is 2.36. The Balaban J connectivity index is 1.99. The summed E-state index contributed by atoms with van der Waals surface area (Å²) in [5.41, 5.74) is 9.78. The van der Waals surface area contributed by atoms with E-state index in [4.69, 9.17) is 5.73 Å². The lowest BCUT2D eigenvalue weighted by atomic mass is 10.2. The number of nitrogens with one attached hydrogen (secondary N) is 1. The van der Waals surface area contributed by atoms with E-state index in [1.54, 1.807) is 5.51 Å². The molecule has 1 aromatic carbocycles. The summed E-state index contributed by atoms with van der Waals surface area (Å²) in [6.07, 6.45) is 0. The molecule has 2 rings (SSSR count). The number of amides is 1. The molecule has 0 unspecified atom stereocenters. The van der Waals surface area contributed by atoms with Crippen molar-refractivity contribution in [3.05, 3.63) is 45.9 Å². The predicted octanol–water partition coefficient (Wildman–Crippen LogP) is 1.96. The van der Waals surface area contributed by atoms with Crippen molar-refractivity contribution in [1.82, 2.24) is 10.3 Å². The fourth-order valence-electron chi connectivity index (χ4n) is 1.49. The number of benzene rings is 1. The lowest BCUT2D eigenvalue weighted by Crippen LogP contribution is -2.22. The second-order valence-corrected chi connectivity index (χ2v) is 4.55. The van der Waals surface area contributed by atoms with Crippen molar-refractivity contribution in [2.45, 2.75) is 13.5 Å². The van der Waals surface area contributed by atoms with Crippen molar-refractivity contribution < 1.29 is 4.79 Å². The second-order valence-electron chi connectivity index (χ2n) is 3.69. The van der Waals surface area contributed by atoms with E-state index in [2.05, 4.69) is 10.3 Å². The zero-order valence-electron chi connectivity index (χ0n) is 9.43. The Morgan fingerprint density at radius 2 is 2.35 bits per heavy atom. The van der Waals surface area contributed by atoms with Gasteiger partial charge in [0.25, 0.3) is 5.91 Å². The van der Waals surface area contributed by atoms with Gasteiger partial charge in [0, 0.05) is 12.2 Å². The molecule has 88 valence electrons. The largest absolute Gasteiger partial charge is 0.399 e. The number of aromatic nitrogens is 1. The first kappa shape index (κ1) is 11.6. The first-order valence-corrected chi connectivity index (χ1v) is 6.07. The highest BCUT2D eigenvalue weighted by Crippen LogP contribution is 2.12. The number of carbonyl (C=O) groups excluding carboxylic acids is 1. The Labute approximate surface area is 103 Å². The van der Waals surface area contributed by atoms with Gasteiger partial charge in [-0.15, -0.1) is 11.3 Å². The number of nitrogens with two attached hydrogens (primary N) is 1. The number of carbonyl (C=O) groups is 1. The summed E-state index contributed by atoms with van der Waals surface area (Å²) in [4.78, 5) is 16.5. The van der Waals surface area contributed by atoms with Crippen molar-refractivity contribution in [2.24, 2.45) is 0 Å². The lowest BCUT2D eigenvalue weighted by molar-refractivity contribution is 0.0954. The summed E-state index contributed by atoms with van der Waals surface area (Å²) < 4.78 is 0. The first-order valence-electron chi connectivity index (χ1n) is 5.19. The Kier molecular flexibility index (Phi) is 3.39. The smallest absolute Gasteiger partial charge is 0.263 e. The van der Waals surface area contributed by atoms with Gasteiger partial charge in [-0.25, -0.2) is 4.98 Å². The quantitative estimate of drug-likeness (QED) is 0.815. The van der Waals surface area contributed by atoms with Crippen LogP contribution < -0.4 is 11.1 Å². The van der Waals surface area contributed by atoms with E-state index in [1.807, 2.05) is 31.2 Å². The topological polar surface area (TPSA) is 68.0 Å². The van der Waals surface area contributed by atoms with Crippen LogP contribution in [0.1, 0.15) is 20.9 Å². The van der Waals surface area contributed by atoms with E-state index >= 15 is 0 Å². The third-order valence-corrected chi connectivity index (χ3v) is 3.28. The van der Waals surface area contributed by atoms with Gasteiger partial charge in [-0.05, 0) is 24.6 Å². The molecule has 0 aliphatic rings. The average molecular weight is 247 g/mol. The van der Waals surface area contributed by atoms with Gasteiger partial charge in [0.2, 0.25) is 0 Å². The summed E-state index contributed by atoms with van der Waals surface area (Å²) in [6, 6.07) is 7.46. The zero-order chi connectivity index (χ0) is 12.3. The minimum absolute atomic E-state index is 0.0903. The van der Waals surface area contributed by atoms with E-state index in [9.17, 15) is 4.79 Å². The molecule has 0 saturated carbocycles. The van der Waals surface area contributed by atoms with Crippen LogP contribution in [0, 0.1) is 6.92 Å². The Bertz CT molecular complexity index is 536. The van der Waals surface area contributed by atoms with Gasteiger partial charge in [-0.2, -0.15) is 0 Å². The van der Waals surface area contributed by atoms with Crippen molar-refractivity contribution in [3.63, 3.8) is 0 Å². The minimum Gasteiger partial charge on any atom is -0.399 e. The van der Waals surface area contributed by atoms with Crippen molar-refractivity contribution >= 4 is 22.9 Å². The normalized spacial score (nSPS) is 10.2. The number of anilines is 1. The molecule has 1 amide bonds. The fraction of sp³-hybridized carbons (Fsp3) is 0.167. The molecule has 0 spiro atoms. The van der Waals surface area contributed by atoms with Crippen LogP contribution in [-0.2, 0) is 6.54 Å². The molecule has 2 aromatic rings. The van der Waals surface area contributed by atoms with Crippen molar-refractivity contribution in [1.29, 1.82) is 0 Å². The molecule has 1 aromatic heterocycles. The fourth-order valence-corrected chi connectivity index (χ4v) is 2.20. The summed E-state index contributed by atoms with van der Waals surface area (Å²) in [5, 5.41) is 2.85. The van der Waals surface area contributed by atoms with Gasteiger partial charge in [0.15, 0.2) is 0 Å².